The Morgan fingerprint density at radius 3 is 2.68 bits per heavy atom. The monoisotopic (exact) mass is 559 g/mol. The largest absolute Gasteiger partial charge is 0.482 e. The summed E-state index contributed by atoms with van der Waals surface area (Å²) in [7, 11) is 0. The lowest BCUT2D eigenvalue weighted by molar-refractivity contribution is -0.287. The number of aliphatic hydroxyl groups excluding tert-OH is 1. The van der Waals surface area contributed by atoms with E-state index in [1.54, 1.807) is 60.3 Å². The molecule has 0 spiro atoms. The molecule has 1 aliphatic heterocycles. The zero-order valence-corrected chi connectivity index (χ0v) is 23.6. The minimum Gasteiger partial charge on any atom is -0.482 e. The topological polar surface area (TPSA) is 148 Å². The van der Waals surface area contributed by atoms with Crippen molar-refractivity contribution in [3.8, 4) is 28.8 Å². The predicted molar refractivity (Wildman–Crippen MR) is 154 cm³/mol. The van der Waals surface area contributed by atoms with Crippen molar-refractivity contribution in [2.24, 2.45) is 5.92 Å². The van der Waals surface area contributed by atoms with Crippen LogP contribution in [0.4, 0.5) is 0 Å². The van der Waals surface area contributed by atoms with E-state index in [0.29, 0.717) is 36.2 Å². The Morgan fingerprint density at radius 2 is 2.02 bits per heavy atom. The Bertz CT molecular complexity index is 1460. The first-order valence-corrected chi connectivity index (χ1v) is 13.6. The van der Waals surface area contributed by atoms with Gasteiger partial charge in [0.15, 0.2) is 0 Å². The Hall–Kier alpha value is -3.85. The number of hydrogen-bond acceptors (Lipinski definition) is 9. The average molecular weight is 560 g/mol. The van der Waals surface area contributed by atoms with Gasteiger partial charge in [-0.15, -0.1) is 5.10 Å². The van der Waals surface area contributed by atoms with Gasteiger partial charge in [0.2, 0.25) is 0 Å². The zero-order chi connectivity index (χ0) is 29.8. The van der Waals surface area contributed by atoms with Crippen LogP contribution in [0.1, 0.15) is 43.4 Å². The Kier molecular flexibility index (Phi) is 9.07. The number of aliphatic hydroxyl groups is 4. The lowest BCUT2D eigenvalue weighted by atomic mass is 9.83. The minimum absolute atomic E-state index is 0.122. The van der Waals surface area contributed by atoms with Crippen LogP contribution in [0.3, 0.4) is 0 Å². The Balaban J connectivity index is 1.71. The van der Waals surface area contributed by atoms with Crippen molar-refractivity contribution in [2.45, 2.75) is 51.2 Å². The van der Waals surface area contributed by atoms with Gasteiger partial charge in [-0.05, 0) is 81.7 Å². The van der Waals surface area contributed by atoms with E-state index in [-0.39, 0.29) is 23.8 Å². The predicted octanol–water partition coefficient (Wildman–Crippen LogP) is 3.17. The first kappa shape index (κ1) is 30.1. The fourth-order valence-electron chi connectivity index (χ4n) is 5.06. The quantitative estimate of drug-likeness (QED) is 0.217. The molecule has 0 saturated carbocycles. The summed E-state index contributed by atoms with van der Waals surface area (Å²) in [4.78, 5) is 1.48. The molecule has 1 aromatic heterocycles. The second-order valence-electron chi connectivity index (χ2n) is 10.7. The molecule has 3 aromatic rings. The molecule has 0 radical (unpaired) electrons. The van der Waals surface area contributed by atoms with Crippen LogP contribution in [-0.2, 0) is 5.91 Å². The van der Waals surface area contributed by atoms with Gasteiger partial charge in [0.1, 0.15) is 17.5 Å². The van der Waals surface area contributed by atoms with Gasteiger partial charge in [0.05, 0.1) is 41.3 Å². The average Bonchev–Trinajstić information content (AvgIpc) is 3.47. The number of nitriles is 1. The molecule has 2 aromatic carbocycles. The number of benzene rings is 2. The van der Waals surface area contributed by atoms with Crippen LogP contribution < -0.4 is 4.74 Å². The van der Waals surface area contributed by atoms with Crippen molar-refractivity contribution in [3.05, 3.63) is 84.1 Å². The van der Waals surface area contributed by atoms with Crippen LogP contribution >= 0.6 is 0 Å². The van der Waals surface area contributed by atoms with Crippen molar-refractivity contribution in [1.82, 2.24) is 19.9 Å². The number of hydrogen-bond donors (Lipinski definition) is 4. The van der Waals surface area contributed by atoms with Gasteiger partial charge in [-0.1, -0.05) is 23.9 Å². The van der Waals surface area contributed by atoms with E-state index in [4.69, 9.17) is 4.74 Å². The van der Waals surface area contributed by atoms with Gasteiger partial charge in [0, 0.05) is 24.6 Å². The summed E-state index contributed by atoms with van der Waals surface area (Å²) in [5, 5.41) is 61.1. The maximum Gasteiger partial charge on any atom is 0.257 e. The summed E-state index contributed by atoms with van der Waals surface area (Å²) in [5.41, 5.74) is 2.09. The number of aromatic nitrogens is 3. The maximum absolute atomic E-state index is 11.5. The SMILES string of the molecule is C=CC(/C=C/C)Oc1cc(-c2cn(-c3ccc(C#N)c(C)c3)nn2)ccc1C(O)(O)N1CCC[C@H]([C@](C)(O)CO)C1. The van der Waals surface area contributed by atoms with Crippen LogP contribution in [0.25, 0.3) is 16.9 Å². The molecule has 216 valence electrons. The fourth-order valence-corrected chi connectivity index (χ4v) is 5.06. The number of piperidine rings is 1. The smallest absolute Gasteiger partial charge is 0.257 e. The number of aryl methyl sites for hydroxylation is 1. The third kappa shape index (κ3) is 6.40. The molecule has 1 aliphatic rings. The van der Waals surface area contributed by atoms with E-state index >= 15 is 0 Å². The minimum atomic E-state index is -2.42. The molecule has 0 aliphatic carbocycles. The van der Waals surface area contributed by atoms with Crippen LogP contribution in [0.5, 0.6) is 5.75 Å². The van der Waals surface area contributed by atoms with Gasteiger partial charge in [-0.2, -0.15) is 5.26 Å². The van der Waals surface area contributed by atoms with E-state index in [1.807, 2.05) is 26.0 Å². The van der Waals surface area contributed by atoms with Gasteiger partial charge >= 0.3 is 0 Å². The molecule has 1 unspecified atom stereocenters. The summed E-state index contributed by atoms with van der Waals surface area (Å²) < 4.78 is 7.80. The van der Waals surface area contributed by atoms with Crippen molar-refractivity contribution >= 4 is 0 Å². The lowest BCUT2D eigenvalue weighted by Crippen LogP contribution is -2.55. The summed E-state index contributed by atoms with van der Waals surface area (Å²) >= 11 is 0. The lowest BCUT2D eigenvalue weighted by Gasteiger charge is -2.44. The maximum atomic E-state index is 11.5. The normalized spacial score (nSPS) is 18.5. The van der Waals surface area contributed by atoms with E-state index in [2.05, 4.69) is 23.0 Å². The standard InChI is InChI=1S/C31H37N5O5/c1-5-8-26(6-2)41-29-16-22(28-19-36(34-33-28)25-12-10-23(17-32)21(3)15-25)11-13-27(29)31(39,40)35-14-7-9-24(18-35)30(4,38)20-37/h5-6,8,10-13,15-16,19,24,26,37-40H,2,7,9,14,18,20H2,1,3-4H3/b8-5+/t24-,26?,30+/m0/s1. The zero-order valence-electron chi connectivity index (χ0n) is 23.6. The molecular weight excluding hydrogens is 522 g/mol. The molecule has 4 N–H and O–H groups in total. The molecule has 10 nitrogen and oxygen atoms in total. The van der Waals surface area contributed by atoms with Gasteiger partial charge in [0.25, 0.3) is 5.91 Å². The van der Waals surface area contributed by atoms with E-state index in [0.717, 1.165) is 11.3 Å². The third-order valence-corrected chi connectivity index (χ3v) is 7.67. The van der Waals surface area contributed by atoms with Crippen molar-refractivity contribution in [1.29, 1.82) is 5.26 Å². The summed E-state index contributed by atoms with van der Waals surface area (Å²) in [6, 6.07) is 12.5. The number of rotatable bonds is 10. The summed E-state index contributed by atoms with van der Waals surface area (Å²) in [6.45, 7) is 9.21. The fraction of sp³-hybridized carbons (Fsp3) is 0.387. The van der Waals surface area contributed by atoms with Crippen molar-refractivity contribution in [2.75, 3.05) is 19.7 Å². The molecule has 1 fully saturated rings. The highest BCUT2D eigenvalue weighted by Crippen LogP contribution is 2.38. The molecule has 0 bridgehead atoms. The van der Waals surface area contributed by atoms with Crippen LogP contribution in [0.15, 0.2) is 67.4 Å². The Morgan fingerprint density at radius 1 is 1.24 bits per heavy atom. The van der Waals surface area contributed by atoms with Crippen molar-refractivity contribution < 1.29 is 25.2 Å². The second-order valence-corrected chi connectivity index (χ2v) is 10.7. The molecule has 4 rings (SSSR count). The molecule has 0 amide bonds. The summed E-state index contributed by atoms with van der Waals surface area (Å²) in [6.07, 6.45) is 7.68. The molecule has 2 heterocycles. The number of nitrogens with zero attached hydrogens (tertiary/aromatic N) is 5. The number of likely N-dealkylation sites (tertiary alicyclic amines) is 1. The van der Waals surface area contributed by atoms with Gasteiger partial charge < -0.3 is 25.2 Å². The number of allylic oxidation sites excluding steroid dienone is 1. The van der Waals surface area contributed by atoms with Gasteiger partial charge in [-0.25, -0.2) is 9.58 Å². The highest BCUT2D eigenvalue weighted by molar-refractivity contribution is 5.63. The highest BCUT2D eigenvalue weighted by Gasteiger charge is 2.43. The molecular formula is C31H37N5O5. The number of ether oxygens (including phenoxy) is 1. The molecule has 3 atom stereocenters. The highest BCUT2D eigenvalue weighted by atomic mass is 16.5. The third-order valence-electron chi connectivity index (χ3n) is 7.67. The van der Waals surface area contributed by atoms with E-state index < -0.39 is 24.2 Å². The molecule has 41 heavy (non-hydrogen) atoms. The first-order valence-electron chi connectivity index (χ1n) is 13.6. The first-order chi connectivity index (χ1) is 19.5. The molecule has 1 saturated heterocycles. The van der Waals surface area contributed by atoms with Gasteiger partial charge in [-0.3, -0.25) is 0 Å². The van der Waals surface area contributed by atoms with E-state index in [1.165, 1.54) is 4.90 Å². The van der Waals surface area contributed by atoms with Crippen LogP contribution in [-0.4, -0.2) is 71.7 Å². The van der Waals surface area contributed by atoms with Crippen molar-refractivity contribution in [3.63, 3.8) is 0 Å². The Labute approximate surface area is 240 Å². The van der Waals surface area contributed by atoms with Crippen LogP contribution in [0.2, 0.25) is 0 Å². The second kappa shape index (κ2) is 12.3. The van der Waals surface area contributed by atoms with Crippen LogP contribution in [0, 0.1) is 24.2 Å². The van der Waals surface area contributed by atoms with E-state index in [9.17, 15) is 25.7 Å². The molecule has 10 heteroatoms. The summed E-state index contributed by atoms with van der Waals surface area (Å²) in [5.74, 6) is -2.55.